The number of para-hydroxylation sites is 1. The van der Waals surface area contributed by atoms with Crippen molar-refractivity contribution in [3.8, 4) is 17.1 Å². The SMILES string of the molecule is CCOC(=O)CCCn1nnc(-c2cccc(C3=CC4(CCNCC4)Oc4ccccc43)c2)n1. The van der Waals surface area contributed by atoms with Crippen LogP contribution in [0.15, 0.2) is 54.6 Å². The molecule has 8 heteroatoms. The lowest BCUT2D eigenvalue weighted by Crippen LogP contribution is -2.46. The van der Waals surface area contributed by atoms with Crippen LogP contribution in [0.25, 0.3) is 17.0 Å². The van der Waals surface area contributed by atoms with Gasteiger partial charge in [-0.05, 0) is 61.0 Å². The quantitative estimate of drug-likeness (QED) is 0.540. The molecule has 34 heavy (non-hydrogen) atoms. The van der Waals surface area contributed by atoms with E-state index in [0.717, 1.165) is 48.4 Å². The van der Waals surface area contributed by atoms with Gasteiger partial charge < -0.3 is 14.8 Å². The number of hydrogen-bond donors (Lipinski definition) is 1. The molecular formula is C26H29N5O3. The van der Waals surface area contributed by atoms with Crippen LogP contribution < -0.4 is 10.1 Å². The summed E-state index contributed by atoms with van der Waals surface area (Å²) in [5.41, 5.74) is 3.99. The molecule has 2 aliphatic heterocycles. The minimum Gasteiger partial charge on any atom is -0.482 e. The summed E-state index contributed by atoms with van der Waals surface area (Å²) in [6.45, 7) is 4.59. The van der Waals surface area contributed by atoms with Crippen molar-refractivity contribution in [3.05, 3.63) is 65.7 Å². The number of nitrogens with one attached hydrogen (secondary N) is 1. The van der Waals surface area contributed by atoms with Gasteiger partial charge in [0.2, 0.25) is 5.82 Å². The molecule has 0 amide bonds. The van der Waals surface area contributed by atoms with Gasteiger partial charge in [-0.25, -0.2) is 0 Å². The van der Waals surface area contributed by atoms with Gasteiger partial charge in [0, 0.05) is 30.4 Å². The number of aromatic nitrogens is 4. The fourth-order valence-corrected chi connectivity index (χ4v) is 4.58. The molecule has 1 aromatic heterocycles. The van der Waals surface area contributed by atoms with Gasteiger partial charge in [-0.3, -0.25) is 4.79 Å². The number of carbonyl (C=O) groups excluding carboxylic acids is 1. The van der Waals surface area contributed by atoms with E-state index in [-0.39, 0.29) is 11.6 Å². The summed E-state index contributed by atoms with van der Waals surface area (Å²) in [4.78, 5) is 13.1. The van der Waals surface area contributed by atoms with E-state index in [2.05, 4.69) is 51.1 Å². The summed E-state index contributed by atoms with van der Waals surface area (Å²) in [5.74, 6) is 1.29. The van der Waals surface area contributed by atoms with Crippen molar-refractivity contribution in [2.75, 3.05) is 19.7 Å². The van der Waals surface area contributed by atoms with E-state index in [9.17, 15) is 4.79 Å². The van der Waals surface area contributed by atoms with Crippen LogP contribution in [0.3, 0.4) is 0 Å². The van der Waals surface area contributed by atoms with Crippen LogP contribution in [0.4, 0.5) is 0 Å². The monoisotopic (exact) mass is 459 g/mol. The third-order valence-corrected chi connectivity index (χ3v) is 6.28. The zero-order chi connectivity index (χ0) is 23.4. The lowest BCUT2D eigenvalue weighted by atomic mass is 9.83. The average molecular weight is 460 g/mol. The van der Waals surface area contributed by atoms with Gasteiger partial charge in [0.05, 0.1) is 13.2 Å². The number of benzene rings is 2. The highest BCUT2D eigenvalue weighted by Gasteiger charge is 2.37. The first kappa shape index (κ1) is 22.3. The predicted molar refractivity (Wildman–Crippen MR) is 128 cm³/mol. The first-order valence-electron chi connectivity index (χ1n) is 11.9. The minimum atomic E-state index is -0.286. The van der Waals surface area contributed by atoms with Gasteiger partial charge in [0.15, 0.2) is 0 Å². The third kappa shape index (κ3) is 4.72. The second-order valence-corrected chi connectivity index (χ2v) is 8.67. The first-order valence-corrected chi connectivity index (χ1v) is 11.9. The molecule has 1 saturated heterocycles. The Balaban J connectivity index is 1.40. The van der Waals surface area contributed by atoms with Crippen LogP contribution in [0.2, 0.25) is 0 Å². The third-order valence-electron chi connectivity index (χ3n) is 6.28. The van der Waals surface area contributed by atoms with Gasteiger partial charge in [-0.2, -0.15) is 4.80 Å². The van der Waals surface area contributed by atoms with Crippen molar-refractivity contribution >= 4 is 11.5 Å². The second-order valence-electron chi connectivity index (χ2n) is 8.67. The molecule has 0 atom stereocenters. The highest BCUT2D eigenvalue weighted by Crippen LogP contribution is 2.42. The van der Waals surface area contributed by atoms with Crippen molar-refractivity contribution < 1.29 is 14.3 Å². The Hall–Kier alpha value is -3.52. The van der Waals surface area contributed by atoms with Crippen molar-refractivity contribution in [3.63, 3.8) is 0 Å². The Kier molecular flexibility index (Phi) is 6.40. The summed E-state index contributed by atoms with van der Waals surface area (Å²) in [7, 11) is 0. The van der Waals surface area contributed by atoms with Crippen molar-refractivity contribution in [2.45, 2.75) is 44.8 Å². The maximum absolute atomic E-state index is 11.5. The average Bonchev–Trinajstić information content (AvgIpc) is 3.33. The van der Waals surface area contributed by atoms with Crippen molar-refractivity contribution in [1.82, 2.24) is 25.5 Å². The smallest absolute Gasteiger partial charge is 0.305 e. The van der Waals surface area contributed by atoms with Gasteiger partial charge in [0.25, 0.3) is 0 Å². The number of tetrazole rings is 1. The van der Waals surface area contributed by atoms with Crippen LogP contribution in [0.1, 0.15) is 43.7 Å². The standard InChI is InChI=1S/C26H29N5O3/c1-2-33-24(32)11-6-16-31-29-25(28-30-31)20-8-5-7-19(17-20)22-18-26(12-14-27-15-13-26)34-23-10-4-3-9-21(22)23/h3-5,7-10,17-18,27H,2,6,11-16H2,1H3. The summed E-state index contributed by atoms with van der Waals surface area (Å²) in [5, 5.41) is 16.4. The molecule has 0 bridgehead atoms. The Morgan fingerprint density at radius 2 is 1.97 bits per heavy atom. The van der Waals surface area contributed by atoms with Crippen LogP contribution >= 0.6 is 0 Å². The zero-order valence-corrected chi connectivity index (χ0v) is 19.4. The molecule has 1 fully saturated rings. The van der Waals surface area contributed by atoms with Crippen LogP contribution in [-0.4, -0.2) is 51.5 Å². The number of rotatable bonds is 7. The first-order chi connectivity index (χ1) is 16.7. The van der Waals surface area contributed by atoms with Crippen LogP contribution in [0.5, 0.6) is 5.75 Å². The summed E-state index contributed by atoms with van der Waals surface area (Å²) in [6, 6.07) is 16.5. The molecule has 2 aromatic carbocycles. The molecule has 2 aliphatic rings. The van der Waals surface area contributed by atoms with Crippen molar-refractivity contribution in [1.29, 1.82) is 0 Å². The molecule has 3 heterocycles. The summed E-state index contributed by atoms with van der Waals surface area (Å²) in [6.07, 6.45) is 5.12. The highest BCUT2D eigenvalue weighted by atomic mass is 16.5. The summed E-state index contributed by atoms with van der Waals surface area (Å²) >= 11 is 0. The molecule has 1 N–H and O–H groups in total. The number of ether oxygens (including phenoxy) is 2. The molecule has 5 rings (SSSR count). The fraction of sp³-hybridized carbons (Fsp3) is 0.385. The van der Waals surface area contributed by atoms with Gasteiger partial charge in [-0.1, -0.05) is 36.4 Å². The number of carbonyl (C=O) groups is 1. The Bertz CT molecular complexity index is 1200. The molecule has 0 aliphatic carbocycles. The van der Waals surface area contributed by atoms with E-state index in [4.69, 9.17) is 9.47 Å². The van der Waals surface area contributed by atoms with E-state index < -0.39 is 0 Å². The Morgan fingerprint density at radius 1 is 1.15 bits per heavy atom. The molecule has 1 spiro atoms. The molecule has 0 unspecified atom stereocenters. The second kappa shape index (κ2) is 9.77. The number of aryl methyl sites for hydroxylation is 1. The molecule has 3 aromatic rings. The van der Waals surface area contributed by atoms with Crippen LogP contribution in [-0.2, 0) is 16.1 Å². The van der Waals surface area contributed by atoms with E-state index in [0.29, 0.717) is 31.8 Å². The molecule has 176 valence electrons. The molecule has 0 saturated carbocycles. The topological polar surface area (TPSA) is 91.2 Å². The molecule has 0 radical (unpaired) electrons. The fourth-order valence-electron chi connectivity index (χ4n) is 4.58. The normalized spacial score (nSPS) is 16.4. The Morgan fingerprint density at radius 3 is 2.82 bits per heavy atom. The van der Waals surface area contributed by atoms with Crippen molar-refractivity contribution in [2.24, 2.45) is 0 Å². The van der Waals surface area contributed by atoms with Gasteiger partial charge >= 0.3 is 5.97 Å². The zero-order valence-electron chi connectivity index (χ0n) is 19.4. The summed E-state index contributed by atoms with van der Waals surface area (Å²) < 4.78 is 11.5. The van der Waals surface area contributed by atoms with E-state index in [1.165, 1.54) is 10.4 Å². The highest BCUT2D eigenvalue weighted by molar-refractivity contribution is 5.86. The Labute approximate surface area is 199 Å². The number of nitrogens with zero attached hydrogens (tertiary/aromatic N) is 4. The van der Waals surface area contributed by atoms with E-state index in [1.54, 1.807) is 6.92 Å². The number of piperidine rings is 1. The lowest BCUT2D eigenvalue weighted by molar-refractivity contribution is -0.143. The molecular weight excluding hydrogens is 430 g/mol. The van der Waals surface area contributed by atoms with E-state index in [1.807, 2.05) is 24.3 Å². The van der Waals surface area contributed by atoms with Gasteiger partial charge in [-0.15, -0.1) is 10.2 Å². The molecule has 8 nitrogen and oxygen atoms in total. The number of hydrogen-bond acceptors (Lipinski definition) is 7. The van der Waals surface area contributed by atoms with Crippen LogP contribution in [0, 0.1) is 0 Å². The van der Waals surface area contributed by atoms with E-state index >= 15 is 0 Å². The number of esters is 1. The number of fused-ring (bicyclic) bond motifs is 1. The maximum Gasteiger partial charge on any atom is 0.305 e. The predicted octanol–water partition coefficient (Wildman–Crippen LogP) is 3.63. The van der Waals surface area contributed by atoms with Gasteiger partial charge in [0.1, 0.15) is 11.4 Å². The lowest BCUT2D eigenvalue weighted by Gasteiger charge is -2.40. The largest absolute Gasteiger partial charge is 0.482 e. The minimum absolute atomic E-state index is 0.202. The maximum atomic E-state index is 11.5.